The number of aromatic amines is 1. The van der Waals surface area contributed by atoms with Gasteiger partial charge in [0.05, 0.1) is 5.69 Å². The Kier molecular flexibility index (Phi) is 1.77. The molecule has 0 aliphatic rings. The number of nitrogens with one attached hydrogen (secondary N) is 1. The van der Waals surface area contributed by atoms with Crippen LogP contribution in [0.4, 0.5) is 4.39 Å². The van der Waals surface area contributed by atoms with E-state index < -0.39 is 5.82 Å². The average molecular weight is 193 g/mol. The average Bonchev–Trinajstić information content (AvgIpc) is 2.66. The van der Waals surface area contributed by atoms with Gasteiger partial charge in [-0.2, -0.15) is 0 Å². The molecule has 72 valence electrons. The minimum atomic E-state index is -0.504. The number of hydrogen-bond donors (Lipinski definition) is 1. The first kappa shape index (κ1) is 8.74. The Bertz CT molecular complexity index is 521. The van der Waals surface area contributed by atoms with E-state index in [2.05, 4.69) is 11.6 Å². The summed E-state index contributed by atoms with van der Waals surface area (Å²) in [5.41, 5.74) is 1.39. The minimum Gasteiger partial charge on any atom is -0.459 e. The van der Waals surface area contributed by atoms with Gasteiger partial charge in [-0.3, -0.25) is 4.79 Å². The van der Waals surface area contributed by atoms with Crippen molar-refractivity contribution in [1.82, 2.24) is 4.98 Å². The lowest BCUT2D eigenvalue weighted by molar-refractivity contribution is 0.101. The molecule has 0 radical (unpaired) electrons. The number of hydrogen-bond acceptors (Lipinski definition) is 2. The van der Waals surface area contributed by atoms with E-state index in [9.17, 15) is 9.18 Å². The molecule has 0 spiro atoms. The summed E-state index contributed by atoms with van der Waals surface area (Å²) in [4.78, 5) is 13.8. The van der Waals surface area contributed by atoms with E-state index in [1.165, 1.54) is 13.0 Å². The molecular formula is C10H8FNO2. The first-order chi connectivity index (χ1) is 6.65. The number of ketones is 1. The number of carbonyl (C=O) groups excluding carboxylic acids is 1. The van der Waals surface area contributed by atoms with Crippen molar-refractivity contribution < 1.29 is 13.6 Å². The molecule has 2 rings (SSSR count). The Hall–Kier alpha value is -1.84. The number of fused-ring (bicyclic) bond motifs is 1. The van der Waals surface area contributed by atoms with Crippen LogP contribution < -0.4 is 0 Å². The lowest BCUT2D eigenvalue weighted by Gasteiger charge is -1.91. The van der Waals surface area contributed by atoms with Crippen molar-refractivity contribution in [3.05, 3.63) is 29.9 Å². The maximum Gasteiger partial charge on any atom is 0.185 e. The van der Waals surface area contributed by atoms with Crippen LogP contribution in [0.15, 0.2) is 17.3 Å². The maximum atomic E-state index is 13.1. The van der Waals surface area contributed by atoms with Gasteiger partial charge in [0, 0.05) is 12.5 Å². The highest BCUT2D eigenvalue weighted by Gasteiger charge is 2.17. The lowest BCUT2D eigenvalue weighted by atomic mass is 10.2. The predicted molar refractivity (Wildman–Crippen MR) is 50.6 cm³/mol. The van der Waals surface area contributed by atoms with Crippen LogP contribution in [0.5, 0.6) is 0 Å². The monoisotopic (exact) mass is 193 g/mol. The van der Waals surface area contributed by atoms with Crippen molar-refractivity contribution >= 4 is 23.0 Å². The first-order valence-electron chi connectivity index (χ1n) is 4.07. The fraction of sp³-hybridized carbons (Fsp3) is 0.100. The molecule has 0 aromatic carbocycles. The van der Waals surface area contributed by atoms with E-state index in [0.717, 1.165) is 6.26 Å². The molecule has 0 fully saturated rings. The van der Waals surface area contributed by atoms with Gasteiger partial charge >= 0.3 is 0 Å². The summed E-state index contributed by atoms with van der Waals surface area (Å²) in [5, 5.41) is 0. The molecule has 0 atom stereocenters. The molecule has 4 heteroatoms. The molecule has 0 saturated carbocycles. The molecule has 0 saturated heterocycles. The number of aromatic nitrogens is 1. The van der Waals surface area contributed by atoms with Crippen molar-refractivity contribution in [3.8, 4) is 0 Å². The van der Waals surface area contributed by atoms with E-state index >= 15 is 0 Å². The van der Waals surface area contributed by atoms with Gasteiger partial charge in [0.1, 0.15) is 11.8 Å². The summed E-state index contributed by atoms with van der Waals surface area (Å²) >= 11 is 0. The summed E-state index contributed by atoms with van der Waals surface area (Å²) in [5.74, 6) is -0.679. The summed E-state index contributed by atoms with van der Waals surface area (Å²) in [7, 11) is 0. The fourth-order valence-electron chi connectivity index (χ4n) is 1.43. The summed E-state index contributed by atoms with van der Waals surface area (Å²) in [6.07, 6.45) is 2.47. The van der Waals surface area contributed by atoms with Crippen molar-refractivity contribution in [2.45, 2.75) is 6.92 Å². The SMILES string of the molecule is C=Cc1c(C(C)=O)[nH]c2c(F)coc12. The third-order valence-electron chi connectivity index (χ3n) is 2.07. The van der Waals surface area contributed by atoms with Gasteiger partial charge < -0.3 is 9.40 Å². The van der Waals surface area contributed by atoms with Crippen LogP contribution in [-0.2, 0) is 0 Å². The van der Waals surface area contributed by atoms with Crippen molar-refractivity contribution in [1.29, 1.82) is 0 Å². The molecule has 0 aliphatic carbocycles. The number of Topliss-reactive ketones (excluding diaryl/α,β-unsaturated/α-hetero) is 1. The Morgan fingerprint density at radius 3 is 3.00 bits per heavy atom. The molecule has 2 heterocycles. The van der Waals surface area contributed by atoms with E-state index in [1.54, 1.807) is 0 Å². The Morgan fingerprint density at radius 2 is 2.43 bits per heavy atom. The molecule has 14 heavy (non-hydrogen) atoms. The number of halogens is 1. The first-order valence-corrected chi connectivity index (χ1v) is 4.07. The maximum absolute atomic E-state index is 13.1. The predicted octanol–water partition coefficient (Wildman–Crippen LogP) is 2.75. The summed E-state index contributed by atoms with van der Waals surface area (Å²) in [6.45, 7) is 4.95. The van der Waals surface area contributed by atoms with Gasteiger partial charge in [0.2, 0.25) is 0 Å². The van der Waals surface area contributed by atoms with Crippen molar-refractivity contribution in [3.63, 3.8) is 0 Å². The van der Waals surface area contributed by atoms with Gasteiger partial charge in [-0.05, 0) is 0 Å². The molecule has 1 N–H and O–H groups in total. The van der Waals surface area contributed by atoms with Crippen molar-refractivity contribution in [2.75, 3.05) is 0 Å². The zero-order valence-electron chi connectivity index (χ0n) is 7.56. The molecule has 3 nitrogen and oxygen atoms in total. The Balaban J connectivity index is 2.85. The van der Waals surface area contributed by atoms with Gasteiger partial charge in [-0.25, -0.2) is 4.39 Å². The van der Waals surface area contributed by atoms with Gasteiger partial charge in [0.25, 0.3) is 0 Å². The standard InChI is InChI=1S/C10H8FNO2/c1-3-6-8(5(2)13)12-9-7(11)4-14-10(6)9/h3-4,12H,1H2,2H3. The summed E-state index contributed by atoms with van der Waals surface area (Å²) in [6, 6.07) is 0. The van der Waals surface area contributed by atoms with Crippen LogP contribution in [0, 0.1) is 5.82 Å². The van der Waals surface area contributed by atoms with E-state index in [4.69, 9.17) is 4.42 Å². The highest BCUT2D eigenvalue weighted by atomic mass is 19.1. The number of furan rings is 1. The molecular weight excluding hydrogens is 185 g/mol. The van der Waals surface area contributed by atoms with E-state index in [0.29, 0.717) is 16.8 Å². The second-order valence-electron chi connectivity index (χ2n) is 2.96. The van der Waals surface area contributed by atoms with Crippen LogP contribution >= 0.6 is 0 Å². The topological polar surface area (TPSA) is 46.0 Å². The van der Waals surface area contributed by atoms with Gasteiger partial charge in [-0.15, -0.1) is 0 Å². The van der Waals surface area contributed by atoms with Crippen LogP contribution in [0.2, 0.25) is 0 Å². The molecule has 0 bridgehead atoms. The van der Waals surface area contributed by atoms with Crippen molar-refractivity contribution in [2.24, 2.45) is 0 Å². The molecule has 0 amide bonds. The highest BCUT2D eigenvalue weighted by Crippen LogP contribution is 2.27. The van der Waals surface area contributed by atoms with Crippen LogP contribution in [-0.4, -0.2) is 10.8 Å². The van der Waals surface area contributed by atoms with E-state index in [-0.39, 0.29) is 11.3 Å². The Labute approximate surface area is 79.2 Å². The summed E-state index contributed by atoms with van der Waals surface area (Å²) < 4.78 is 18.0. The van der Waals surface area contributed by atoms with Crippen LogP contribution in [0.25, 0.3) is 17.2 Å². The number of H-pyrrole nitrogens is 1. The van der Waals surface area contributed by atoms with E-state index in [1.807, 2.05) is 0 Å². The lowest BCUT2D eigenvalue weighted by Crippen LogP contribution is -1.94. The third kappa shape index (κ3) is 1.00. The smallest absolute Gasteiger partial charge is 0.185 e. The van der Waals surface area contributed by atoms with Gasteiger partial charge in [0.15, 0.2) is 17.2 Å². The second-order valence-corrected chi connectivity index (χ2v) is 2.96. The molecule has 0 aliphatic heterocycles. The highest BCUT2D eigenvalue weighted by molar-refractivity contribution is 6.02. The molecule has 2 aromatic rings. The largest absolute Gasteiger partial charge is 0.459 e. The van der Waals surface area contributed by atoms with Crippen LogP contribution in [0.1, 0.15) is 23.0 Å². The minimum absolute atomic E-state index is 0.175. The third-order valence-corrected chi connectivity index (χ3v) is 2.07. The number of carbonyl (C=O) groups is 1. The molecule has 2 aromatic heterocycles. The quantitative estimate of drug-likeness (QED) is 0.745. The van der Waals surface area contributed by atoms with Crippen LogP contribution in [0.3, 0.4) is 0 Å². The van der Waals surface area contributed by atoms with Gasteiger partial charge in [-0.1, -0.05) is 12.7 Å². The molecule has 0 unspecified atom stereocenters. The zero-order valence-corrected chi connectivity index (χ0v) is 7.56. The normalized spacial score (nSPS) is 10.7. The fourth-order valence-corrected chi connectivity index (χ4v) is 1.43. The second kappa shape index (κ2) is 2.83. The zero-order chi connectivity index (χ0) is 10.3. The number of rotatable bonds is 2. The Morgan fingerprint density at radius 1 is 1.71 bits per heavy atom.